The summed E-state index contributed by atoms with van der Waals surface area (Å²) in [7, 11) is 0. The lowest BCUT2D eigenvalue weighted by atomic mass is 9.63. The summed E-state index contributed by atoms with van der Waals surface area (Å²) >= 11 is 7.20. The minimum absolute atomic E-state index is 0.123. The van der Waals surface area contributed by atoms with Crippen molar-refractivity contribution < 1.29 is 14.3 Å². The van der Waals surface area contributed by atoms with Crippen LogP contribution in [0.25, 0.3) is 0 Å². The second-order valence-electron chi connectivity index (χ2n) is 13.7. The zero-order chi connectivity index (χ0) is 30.5. The van der Waals surface area contributed by atoms with Crippen LogP contribution in [0.4, 0.5) is 0 Å². The first-order chi connectivity index (χ1) is 20.4. The molecule has 0 saturated heterocycles. The highest BCUT2D eigenvalue weighted by atomic mass is 79.9. The number of benzene rings is 3. The molecule has 1 heterocycles. The Kier molecular flexibility index (Phi) is 8.06. The number of carbonyl (C=O) groups excluding carboxylic acids is 2. The van der Waals surface area contributed by atoms with Gasteiger partial charge < -0.3 is 9.64 Å². The van der Waals surface area contributed by atoms with E-state index in [1.807, 2.05) is 48.5 Å². The average Bonchev–Trinajstić information content (AvgIpc) is 2.93. The number of hydrogen-bond acceptors (Lipinski definition) is 4. The summed E-state index contributed by atoms with van der Waals surface area (Å²) in [5.74, 6) is 0.470. The molecule has 3 aromatic rings. The van der Waals surface area contributed by atoms with Gasteiger partial charge in [0.2, 0.25) is 0 Å². The van der Waals surface area contributed by atoms with Gasteiger partial charge in [-0.25, -0.2) is 0 Å². The first-order valence-electron chi connectivity index (χ1n) is 14.9. The molecule has 3 aliphatic rings. The number of nitrogens with zero attached hydrogens (tertiary/aromatic N) is 1. The van der Waals surface area contributed by atoms with Crippen molar-refractivity contribution in [1.82, 2.24) is 4.90 Å². The van der Waals surface area contributed by atoms with E-state index >= 15 is 0 Å². The first-order valence-corrected chi connectivity index (χ1v) is 16.5. The van der Waals surface area contributed by atoms with Crippen LogP contribution in [0.15, 0.2) is 104 Å². The van der Waals surface area contributed by atoms with E-state index in [4.69, 9.17) is 4.74 Å². The number of Topliss-reactive ketones (excluding diaryl/α,β-unsaturated/α-hetero) is 2. The standard InChI is InChI=1S/C37H37Br2NO3/c1-36(2)17-28-34(30(41)19-36)33(27-16-26(39)14-15-32(27)43-22-24-10-12-25(38)13-11-24)35-29(18-37(3,4)20-31(35)42)40(28)21-23-8-6-5-7-9-23/h5-16,33H,17-22H2,1-4H3. The van der Waals surface area contributed by atoms with Crippen molar-refractivity contribution >= 4 is 43.4 Å². The van der Waals surface area contributed by atoms with Crippen LogP contribution in [0.3, 0.4) is 0 Å². The van der Waals surface area contributed by atoms with Gasteiger partial charge in [-0.2, -0.15) is 0 Å². The highest BCUT2D eigenvalue weighted by Gasteiger charge is 2.49. The van der Waals surface area contributed by atoms with Gasteiger partial charge in [0.15, 0.2) is 11.6 Å². The lowest BCUT2D eigenvalue weighted by Gasteiger charge is -2.49. The third-order valence-electron chi connectivity index (χ3n) is 8.80. The van der Waals surface area contributed by atoms with Gasteiger partial charge in [0.25, 0.3) is 0 Å². The highest BCUT2D eigenvalue weighted by Crippen LogP contribution is 2.56. The highest BCUT2D eigenvalue weighted by molar-refractivity contribution is 9.10. The van der Waals surface area contributed by atoms with Gasteiger partial charge in [-0.15, -0.1) is 0 Å². The molecule has 0 amide bonds. The van der Waals surface area contributed by atoms with E-state index in [9.17, 15) is 9.59 Å². The number of rotatable bonds is 6. The summed E-state index contributed by atoms with van der Waals surface area (Å²) in [5.41, 5.74) is 6.33. The quantitative estimate of drug-likeness (QED) is 0.257. The van der Waals surface area contributed by atoms with Crippen molar-refractivity contribution in [3.63, 3.8) is 0 Å². The molecule has 0 fully saturated rings. The summed E-state index contributed by atoms with van der Waals surface area (Å²) in [6.07, 6.45) is 2.44. The van der Waals surface area contributed by atoms with Crippen LogP contribution < -0.4 is 4.74 Å². The first kappa shape index (κ1) is 30.1. The van der Waals surface area contributed by atoms with Gasteiger partial charge in [-0.3, -0.25) is 9.59 Å². The van der Waals surface area contributed by atoms with E-state index < -0.39 is 5.92 Å². The fourth-order valence-electron chi connectivity index (χ4n) is 6.93. The van der Waals surface area contributed by atoms with Gasteiger partial charge >= 0.3 is 0 Å². The number of allylic oxidation sites excluding steroid dienone is 4. The Morgan fingerprint density at radius 2 is 1.28 bits per heavy atom. The normalized spacial score (nSPS) is 19.8. The molecule has 3 aromatic carbocycles. The molecule has 0 atom stereocenters. The molecule has 2 aliphatic carbocycles. The zero-order valence-corrected chi connectivity index (χ0v) is 28.3. The van der Waals surface area contributed by atoms with Gasteiger partial charge in [0.1, 0.15) is 12.4 Å². The summed E-state index contributed by atoms with van der Waals surface area (Å²) in [4.78, 5) is 30.9. The van der Waals surface area contributed by atoms with Crippen molar-refractivity contribution in [2.45, 2.75) is 72.4 Å². The molecule has 43 heavy (non-hydrogen) atoms. The van der Waals surface area contributed by atoms with Crippen LogP contribution in [0, 0.1) is 10.8 Å². The van der Waals surface area contributed by atoms with Crippen molar-refractivity contribution in [2.75, 3.05) is 0 Å². The Labute approximate surface area is 271 Å². The summed E-state index contributed by atoms with van der Waals surface area (Å²) in [6, 6.07) is 24.4. The Bertz CT molecular complexity index is 1600. The van der Waals surface area contributed by atoms with Gasteiger partial charge in [0, 0.05) is 62.4 Å². The molecule has 222 valence electrons. The lowest BCUT2D eigenvalue weighted by Crippen LogP contribution is -2.44. The molecule has 0 bridgehead atoms. The molecular weight excluding hydrogens is 666 g/mol. The molecule has 0 saturated carbocycles. The van der Waals surface area contributed by atoms with Crippen LogP contribution in [0.1, 0.15) is 76.0 Å². The van der Waals surface area contributed by atoms with Crippen LogP contribution in [0.2, 0.25) is 0 Å². The predicted octanol–water partition coefficient (Wildman–Crippen LogP) is 9.68. The molecule has 0 radical (unpaired) electrons. The fraction of sp³-hybridized carbons (Fsp3) is 0.351. The van der Waals surface area contributed by atoms with E-state index in [-0.39, 0.29) is 22.4 Å². The van der Waals surface area contributed by atoms with Crippen LogP contribution in [-0.2, 0) is 22.7 Å². The largest absolute Gasteiger partial charge is 0.489 e. The summed E-state index contributed by atoms with van der Waals surface area (Å²) in [6.45, 7) is 9.72. The molecule has 0 aromatic heterocycles. The molecule has 4 nitrogen and oxygen atoms in total. The SMILES string of the molecule is CC1(C)CC(=O)C2=C(C1)N(Cc1ccccc1)C1=C(C(=O)CC(C)(C)C1)C2c1cc(Br)ccc1OCc1ccc(Br)cc1. The average molecular weight is 704 g/mol. The fourth-order valence-corrected chi connectivity index (χ4v) is 7.58. The van der Waals surface area contributed by atoms with Crippen LogP contribution in [0.5, 0.6) is 5.75 Å². The summed E-state index contributed by atoms with van der Waals surface area (Å²) < 4.78 is 8.39. The third-order valence-corrected chi connectivity index (χ3v) is 9.82. The number of ketones is 2. The van der Waals surface area contributed by atoms with Crippen molar-refractivity contribution in [3.05, 3.63) is 121 Å². The second-order valence-corrected chi connectivity index (χ2v) is 15.5. The van der Waals surface area contributed by atoms with Crippen LogP contribution in [-0.4, -0.2) is 16.5 Å². The van der Waals surface area contributed by atoms with Crippen LogP contribution >= 0.6 is 31.9 Å². The van der Waals surface area contributed by atoms with E-state index in [0.29, 0.717) is 31.7 Å². The van der Waals surface area contributed by atoms with Gasteiger partial charge in [0.05, 0.1) is 0 Å². The van der Waals surface area contributed by atoms with Crippen molar-refractivity contribution in [2.24, 2.45) is 10.8 Å². The maximum absolute atomic E-state index is 14.3. The second kappa shape index (κ2) is 11.5. The Morgan fingerprint density at radius 1 is 0.721 bits per heavy atom. The Balaban J connectivity index is 1.54. The molecule has 0 N–H and O–H groups in total. The van der Waals surface area contributed by atoms with Gasteiger partial charge in [-0.1, -0.05) is 102 Å². The van der Waals surface area contributed by atoms with E-state index in [1.54, 1.807) is 0 Å². The molecule has 6 heteroatoms. The molecule has 0 spiro atoms. The lowest BCUT2D eigenvalue weighted by molar-refractivity contribution is -0.119. The van der Waals surface area contributed by atoms with E-state index in [1.165, 1.54) is 0 Å². The topological polar surface area (TPSA) is 46.6 Å². The predicted molar refractivity (Wildman–Crippen MR) is 177 cm³/mol. The summed E-state index contributed by atoms with van der Waals surface area (Å²) in [5, 5.41) is 0. The van der Waals surface area contributed by atoms with Gasteiger partial charge in [-0.05, 0) is 65.1 Å². The number of ether oxygens (including phenoxy) is 1. The van der Waals surface area contributed by atoms with E-state index in [0.717, 1.165) is 61.0 Å². The third kappa shape index (κ3) is 6.19. The number of halogens is 2. The smallest absolute Gasteiger partial charge is 0.162 e. The Hall–Kier alpha value is -2.96. The Morgan fingerprint density at radius 3 is 1.86 bits per heavy atom. The minimum Gasteiger partial charge on any atom is -0.489 e. The molecule has 6 rings (SSSR count). The van der Waals surface area contributed by atoms with Crippen molar-refractivity contribution in [1.29, 1.82) is 0 Å². The maximum atomic E-state index is 14.3. The number of hydrogen-bond donors (Lipinski definition) is 0. The van der Waals surface area contributed by atoms with E-state index in [2.05, 4.69) is 88.7 Å². The molecular formula is C37H37Br2NO3. The molecule has 0 unspecified atom stereocenters. The van der Waals surface area contributed by atoms with Crippen molar-refractivity contribution in [3.8, 4) is 5.75 Å². The monoisotopic (exact) mass is 701 g/mol. The number of carbonyl (C=O) groups is 2. The maximum Gasteiger partial charge on any atom is 0.162 e. The molecule has 1 aliphatic heterocycles. The minimum atomic E-state index is -0.471. The zero-order valence-electron chi connectivity index (χ0n) is 25.2.